The minimum Gasteiger partial charge on any atom is -0.310 e. The minimum atomic E-state index is -0.116. The van der Waals surface area contributed by atoms with Crippen LogP contribution < -0.4 is 9.80 Å². The van der Waals surface area contributed by atoms with E-state index in [1.54, 1.807) is 0 Å². The van der Waals surface area contributed by atoms with Gasteiger partial charge in [-0.25, -0.2) is 0 Å². The molecule has 92 heavy (non-hydrogen) atoms. The number of hydrogen-bond donors (Lipinski definition) is 0. The Morgan fingerprint density at radius 1 is 0.174 bits per heavy atom. The highest BCUT2D eigenvalue weighted by atomic mass is 15.1. The van der Waals surface area contributed by atoms with Crippen molar-refractivity contribution in [3.8, 4) is 55.6 Å². The first-order valence-corrected chi connectivity index (χ1v) is 32.7. The van der Waals surface area contributed by atoms with Crippen LogP contribution in [0.5, 0.6) is 0 Å². The number of fused-ring (bicyclic) bond motifs is 15. The summed E-state index contributed by atoms with van der Waals surface area (Å²) in [5, 5.41) is 7.69. The Balaban J connectivity index is 0.000000141. The van der Waals surface area contributed by atoms with Crippen molar-refractivity contribution in [2.75, 3.05) is 9.80 Å². The Morgan fingerprint density at radius 3 is 0.880 bits per heavy atom. The van der Waals surface area contributed by atoms with Gasteiger partial charge in [0.05, 0.1) is 0 Å². The molecule has 18 rings (SSSR count). The zero-order valence-electron chi connectivity index (χ0n) is 53.6. The largest absolute Gasteiger partial charge is 0.310 e. The highest BCUT2D eigenvalue weighted by molar-refractivity contribution is 5.98. The van der Waals surface area contributed by atoms with Gasteiger partial charge in [-0.2, -0.15) is 0 Å². The molecule has 2 nitrogen and oxygen atoms in total. The normalized spacial score (nSPS) is 14.9. The van der Waals surface area contributed by atoms with Crippen molar-refractivity contribution in [3.63, 3.8) is 0 Å². The maximum atomic E-state index is 2.46. The lowest BCUT2D eigenvalue weighted by Gasteiger charge is -2.30. The molecule has 0 fully saturated rings. The maximum Gasteiger partial charge on any atom is 0.0468 e. The smallest absolute Gasteiger partial charge is 0.0468 e. The molecule has 0 bridgehead atoms. The molecular formula is C90H72N2. The van der Waals surface area contributed by atoms with Crippen LogP contribution in [0.4, 0.5) is 34.1 Å². The van der Waals surface area contributed by atoms with E-state index in [1.807, 2.05) is 0 Å². The van der Waals surface area contributed by atoms with Crippen LogP contribution in [-0.4, -0.2) is 0 Å². The fourth-order valence-corrected chi connectivity index (χ4v) is 16.4. The third kappa shape index (κ3) is 8.53. The van der Waals surface area contributed by atoms with Gasteiger partial charge in [-0.05, 0) is 230 Å². The highest BCUT2D eigenvalue weighted by Crippen LogP contribution is 2.57. The van der Waals surface area contributed by atoms with Crippen molar-refractivity contribution in [1.29, 1.82) is 0 Å². The maximum absolute atomic E-state index is 2.46. The van der Waals surface area contributed by atoms with Gasteiger partial charge in [0.25, 0.3) is 0 Å². The number of benzene rings is 14. The van der Waals surface area contributed by atoms with E-state index in [0.29, 0.717) is 0 Å². The summed E-state index contributed by atoms with van der Waals surface area (Å²) in [4.78, 5) is 4.91. The van der Waals surface area contributed by atoms with E-state index in [9.17, 15) is 0 Å². The van der Waals surface area contributed by atoms with Crippen LogP contribution in [0, 0.1) is 0 Å². The van der Waals surface area contributed by atoms with Crippen LogP contribution in [0.25, 0.3) is 88.0 Å². The van der Waals surface area contributed by atoms with Crippen LogP contribution in [-0.2, 0) is 21.7 Å². The molecule has 0 atom stereocenters. The fourth-order valence-electron chi connectivity index (χ4n) is 16.4. The summed E-state index contributed by atoms with van der Waals surface area (Å²) in [6, 6.07) is 108. The lowest BCUT2D eigenvalue weighted by molar-refractivity contribution is 0.660. The van der Waals surface area contributed by atoms with Crippen LogP contribution >= 0.6 is 0 Å². The number of anilines is 6. The van der Waals surface area contributed by atoms with Crippen molar-refractivity contribution in [2.45, 2.75) is 77.0 Å². The number of hydrogen-bond acceptors (Lipinski definition) is 2. The predicted octanol–water partition coefficient (Wildman–Crippen LogP) is 24.7. The quantitative estimate of drug-likeness (QED) is 0.157. The predicted molar refractivity (Wildman–Crippen MR) is 390 cm³/mol. The third-order valence-corrected chi connectivity index (χ3v) is 21.4. The molecule has 0 saturated carbocycles. The fraction of sp³-hybridized carbons (Fsp3) is 0.133. The molecule has 0 radical (unpaired) electrons. The lowest BCUT2D eigenvalue weighted by Crippen LogP contribution is -2.18. The summed E-state index contributed by atoms with van der Waals surface area (Å²) >= 11 is 0. The van der Waals surface area contributed by atoms with Gasteiger partial charge in [0, 0.05) is 55.8 Å². The molecule has 14 aromatic carbocycles. The first-order chi connectivity index (χ1) is 44.6. The Hall–Kier alpha value is -10.5. The SMILES string of the molecule is CC1(C)c2ccccc2-c2ccc(N(c3ccc(-c4ccccc4)cc3)c3ccc4c(c3)C(C)(C)c3cc5ccccc5cc3-4)cc21.CC1(C)c2ccccc2-c2ccc(N(c3ccc4c(c3)C(C)(C)c3cc5ccccc5cc3-4)c3ccc4ccccc4c3)cc21. The van der Waals surface area contributed by atoms with Crippen molar-refractivity contribution in [3.05, 3.63) is 336 Å². The van der Waals surface area contributed by atoms with E-state index in [0.717, 1.165) is 5.69 Å². The third-order valence-electron chi connectivity index (χ3n) is 21.4. The first kappa shape index (κ1) is 55.5. The standard InChI is InChI=1S/C46H37N.C44H35N/c1-45(2)41-17-11-10-16-37(41)38-24-22-35(28-43(38)45)47(34-20-18-31(19-21-34)30-12-6-5-7-13-30)36-23-25-39-40-26-32-14-8-9-15-33(32)27-42(40)46(3,4)44(39)29-36;1-43(2)39-16-10-9-15-35(39)36-21-19-33(26-41(36)43)45(32-18-17-28-11-5-6-12-29(28)23-32)34-20-22-37-38-24-30-13-7-8-14-31(30)25-40(38)44(3,4)42(37)27-34/h5-29H,1-4H3;5-27H,1-4H3. The molecule has 0 aromatic heterocycles. The Kier molecular flexibility index (Phi) is 12.4. The molecule has 0 aliphatic heterocycles. The monoisotopic (exact) mass is 1180 g/mol. The minimum absolute atomic E-state index is 0.0689. The van der Waals surface area contributed by atoms with Crippen molar-refractivity contribution in [2.24, 2.45) is 0 Å². The van der Waals surface area contributed by atoms with Crippen molar-refractivity contribution >= 4 is 66.4 Å². The summed E-state index contributed by atoms with van der Waals surface area (Å²) < 4.78 is 0. The van der Waals surface area contributed by atoms with Gasteiger partial charge in [-0.15, -0.1) is 0 Å². The van der Waals surface area contributed by atoms with E-state index in [1.165, 1.54) is 161 Å². The molecule has 442 valence electrons. The second-order valence-corrected chi connectivity index (χ2v) is 28.1. The zero-order chi connectivity index (χ0) is 62.4. The Bertz CT molecular complexity index is 5350. The molecule has 4 aliphatic rings. The van der Waals surface area contributed by atoms with Crippen LogP contribution in [0.2, 0.25) is 0 Å². The van der Waals surface area contributed by atoms with Gasteiger partial charge in [0.2, 0.25) is 0 Å². The van der Waals surface area contributed by atoms with Crippen molar-refractivity contribution in [1.82, 2.24) is 0 Å². The second-order valence-electron chi connectivity index (χ2n) is 28.1. The summed E-state index contributed by atoms with van der Waals surface area (Å²) in [6.07, 6.45) is 0. The summed E-state index contributed by atoms with van der Waals surface area (Å²) in [5.41, 5.74) is 31.0. The van der Waals surface area contributed by atoms with Crippen molar-refractivity contribution < 1.29 is 0 Å². The summed E-state index contributed by atoms with van der Waals surface area (Å²) in [7, 11) is 0. The molecule has 2 heteroatoms. The molecule has 4 aliphatic carbocycles. The number of nitrogens with zero attached hydrogens (tertiary/aromatic N) is 2. The molecule has 0 amide bonds. The van der Waals surface area contributed by atoms with Crippen LogP contribution in [0.3, 0.4) is 0 Å². The molecule has 0 heterocycles. The van der Waals surface area contributed by atoms with E-state index < -0.39 is 0 Å². The van der Waals surface area contributed by atoms with Crippen LogP contribution in [0.15, 0.2) is 291 Å². The lowest BCUT2D eigenvalue weighted by atomic mass is 9.81. The molecular weight excluding hydrogens is 1110 g/mol. The zero-order valence-corrected chi connectivity index (χ0v) is 53.6. The molecule has 0 N–H and O–H groups in total. The van der Waals surface area contributed by atoms with Gasteiger partial charge < -0.3 is 9.80 Å². The van der Waals surface area contributed by atoms with Gasteiger partial charge in [0.15, 0.2) is 0 Å². The van der Waals surface area contributed by atoms with Gasteiger partial charge in [0.1, 0.15) is 0 Å². The van der Waals surface area contributed by atoms with E-state index >= 15 is 0 Å². The Morgan fingerprint density at radius 2 is 0.446 bits per heavy atom. The summed E-state index contributed by atoms with van der Waals surface area (Å²) in [5.74, 6) is 0. The van der Waals surface area contributed by atoms with Crippen LogP contribution in [0.1, 0.15) is 99.9 Å². The average Bonchev–Trinajstić information content (AvgIpc) is 1.58. The molecule has 14 aromatic rings. The topological polar surface area (TPSA) is 6.48 Å². The van der Waals surface area contributed by atoms with Gasteiger partial charge in [-0.1, -0.05) is 250 Å². The van der Waals surface area contributed by atoms with E-state index in [-0.39, 0.29) is 21.7 Å². The summed E-state index contributed by atoms with van der Waals surface area (Å²) in [6.45, 7) is 19.0. The Labute approximate surface area is 541 Å². The van der Waals surface area contributed by atoms with E-state index in [4.69, 9.17) is 0 Å². The van der Waals surface area contributed by atoms with E-state index in [2.05, 4.69) is 356 Å². The average molecular weight is 1180 g/mol. The molecule has 0 unspecified atom stereocenters. The van der Waals surface area contributed by atoms with Gasteiger partial charge >= 0.3 is 0 Å². The molecule has 0 spiro atoms. The highest BCUT2D eigenvalue weighted by Gasteiger charge is 2.41. The second kappa shape index (κ2) is 20.5. The number of rotatable bonds is 7. The first-order valence-electron chi connectivity index (χ1n) is 32.7. The molecule has 0 saturated heterocycles. The van der Waals surface area contributed by atoms with Gasteiger partial charge in [-0.3, -0.25) is 0 Å².